The van der Waals surface area contributed by atoms with E-state index < -0.39 is 0 Å². The molecule has 1 N–H and O–H groups in total. The van der Waals surface area contributed by atoms with Crippen LogP contribution in [0.4, 0.5) is 0 Å². The first-order valence-corrected chi connectivity index (χ1v) is 5.31. The van der Waals surface area contributed by atoms with Gasteiger partial charge in [-0.3, -0.25) is 4.98 Å². The predicted octanol–water partition coefficient (Wildman–Crippen LogP) is 3.21. The van der Waals surface area contributed by atoms with E-state index in [-0.39, 0.29) is 32.7 Å². The van der Waals surface area contributed by atoms with Crippen LogP contribution in [0.5, 0.6) is 0 Å². The summed E-state index contributed by atoms with van der Waals surface area (Å²) < 4.78 is 1.26. The third-order valence-corrected chi connectivity index (χ3v) is 3.22. The molecule has 0 bridgehead atoms. The first-order valence-electron chi connectivity index (χ1n) is 3.73. The van der Waals surface area contributed by atoms with Crippen molar-refractivity contribution in [3.8, 4) is 0 Å². The fourth-order valence-corrected chi connectivity index (χ4v) is 1.84. The Morgan fingerprint density at radius 3 is 2.80 bits per heavy atom. The number of hydrogen-bond acceptors (Lipinski definition) is 3. The van der Waals surface area contributed by atoms with E-state index in [4.69, 9.17) is 23.8 Å². The van der Waals surface area contributed by atoms with Gasteiger partial charge in [0.1, 0.15) is 11.0 Å². The van der Waals surface area contributed by atoms with Crippen LogP contribution in [-0.4, -0.2) is 15.0 Å². The molecule has 0 aromatic carbocycles. The summed E-state index contributed by atoms with van der Waals surface area (Å²) in [5.41, 5.74) is 1.26. The van der Waals surface area contributed by atoms with Gasteiger partial charge in [-0.15, -0.1) is 0 Å². The summed E-state index contributed by atoms with van der Waals surface area (Å²) in [6.45, 7) is 1.77. The van der Waals surface area contributed by atoms with Gasteiger partial charge in [0.05, 0.1) is 0 Å². The quantitative estimate of drug-likeness (QED) is 0.435. The molecular formula is C8H4BrClN3SY-. The minimum Gasteiger partial charge on any atom is -0.464 e. The van der Waals surface area contributed by atoms with E-state index in [9.17, 15) is 0 Å². The Bertz CT molecular complexity index is 572. The van der Waals surface area contributed by atoms with Crippen LogP contribution in [0.2, 0.25) is 5.15 Å². The standard InChI is InChI=1S/C8H4BrClN3S.Y/c1-3-12-5-6(8(10)13-3)11-2-4(9)7(5)14;/h1H3,(H,11,14);/q-1;. The van der Waals surface area contributed by atoms with E-state index in [0.29, 0.717) is 31.0 Å². The number of aromatic amines is 1. The summed E-state index contributed by atoms with van der Waals surface area (Å²) in [4.78, 5) is 11.1. The number of nitrogens with zero attached hydrogens (tertiary/aromatic N) is 2. The van der Waals surface area contributed by atoms with E-state index >= 15 is 0 Å². The number of H-pyrrole nitrogens is 1. The molecule has 0 aliphatic rings. The van der Waals surface area contributed by atoms with Crippen LogP contribution in [-0.2, 0) is 32.7 Å². The van der Waals surface area contributed by atoms with Gasteiger partial charge < -0.3 is 4.98 Å². The minimum absolute atomic E-state index is 0. The van der Waals surface area contributed by atoms with Gasteiger partial charge >= 0.3 is 0 Å². The summed E-state index contributed by atoms with van der Waals surface area (Å²) in [6.07, 6.45) is 2.83. The number of aromatic nitrogens is 3. The predicted molar refractivity (Wildman–Crippen MR) is 61.0 cm³/mol. The van der Waals surface area contributed by atoms with E-state index in [0.717, 1.165) is 0 Å². The van der Waals surface area contributed by atoms with Crippen molar-refractivity contribution in [2.24, 2.45) is 0 Å². The maximum Gasteiger partial charge on any atom is 0.124 e. The molecule has 2 rings (SSSR count). The molecule has 0 fully saturated rings. The maximum atomic E-state index is 5.92. The van der Waals surface area contributed by atoms with Crippen molar-refractivity contribution in [3.63, 3.8) is 0 Å². The molecule has 7 heteroatoms. The molecule has 3 nitrogen and oxygen atoms in total. The number of halogens is 2. The van der Waals surface area contributed by atoms with Crippen LogP contribution < -0.4 is 0 Å². The zero-order valence-corrected chi connectivity index (χ0v) is 13.6. The number of fused-ring (bicyclic) bond motifs is 1. The first kappa shape index (κ1) is 13.6. The van der Waals surface area contributed by atoms with Crippen LogP contribution in [0.3, 0.4) is 0 Å². The molecule has 0 saturated carbocycles. The summed E-state index contributed by atoms with van der Waals surface area (Å²) in [5.74, 6) is 0.597. The molecule has 0 aliphatic carbocycles. The Balaban J connectivity index is 0.00000112. The molecule has 0 atom stereocenters. The van der Waals surface area contributed by atoms with Crippen molar-refractivity contribution in [1.82, 2.24) is 15.0 Å². The van der Waals surface area contributed by atoms with Gasteiger partial charge in [-0.25, -0.2) is 4.98 Å². The van der Waals surface area contributed by atoms with Crippen LogP contribution in [0.1, 0.15) is 5.82 Å². The molecule has 0 aliphatic heterocycles. The number of hydrogen-bond donors (Lipinski definition) is 1. The van der Waals surface area contributed by atoms with Gasteiger partial charge in [0.25, 0.3) is 0 Å². The Hall–Kier alpha value is 0.584. The van der Waals surface area contributed by atoms with Crippen molar-refractivity contribution in [2.45, 2.75) is 6.92 Å². The van der Waals surface area contributed by atoms with Crippen LogP contribution in [0, 0.1) is 17.6 Å². The van der Waals surface area contributed by atoms with E-state index in [2.05, 4.69) is 37.1 Å². The van der Waals surface area contributed by atoms with Crippen molar-refractivity contribution in [3.05, 3.63) is 26.2 Å². The normalized spacial score (nSPS) is 10.1. The van der Waals surface area contributed by atoms with Crippen molar-refractivity contribution >= 4 is 50.8 Å². The van der Waals surface area contributed by atoms with Crippen LogP contribution in [0.25, 0.3) is 11.0 Å². The minimum atomic E-state index is 0. The molecule has 0 unspecified atom stereocenters. The Kier molecular flexibility index (Phi) is 4.80. The van der Waals surface area contributed by atoms with E-state index in [1.807, 2.05) is 0 Å². The molecule has 0 spiro atoms. The van der Waals surface area contributed by atoms with Gasteiger partial charge in [-0.1, -0.05) is 38.2 Å². The SMILES string of the molecule is Cc1nc(Cl)c2[nH][c-]c(Br)c(=S)c2n1.[Y]. The molecule has 1 radical (unpaired) electrons. The molecule has 2 aromatic rings. The molecular weight excluding hydrogens is 374 g/mol. The smallest absolute Gasteiger partial charge is 0.124 e. The molecule has 2 heterocycles. The largest absolute Gasteiger partial charge is 0.464 e. The first-order chi connectivity index (χ1) is 6.59. The third kappa shape index (κ3) is 2.64. The topological polar surface area (TPSA) is 41.6 Å². The second-order valence-electron chi connectivity index (χ2n) is 2.68. The third-order valence-electron chi connectivity index (χ3n) is 1.69. The van der Waals surface area contributed by atoms with Gasteiger partial charge in [0.15, 0.2) is 0 Å². The molecule has 75 valence electrons. The molecule has 0 saturated heterocycles. The monoisotopic (exact) mass is 377 g/mol. The van der Waals surface area contributed by atoms with Crippen LogP contribution in [0.15, 0.2) is 4.47 Å². The Morgan fingerprint density at radius 2 is 2.13 bits per heavy atom. The van der Waals surface area contributed by atoms with Gasteiger partial charge in [0, 0.05) is 38.2 Å². The van der Waals surface area contributed by atoms with Crippen molar-refractivity contribution in [1.29, 1.82) is 0 Å². The van der Waals surface area contributed by atoms with Crippen LogP contribution >= 0.6 is 39.7 Å². The summed E-state index contributed by atoms with van der Waals surface area (Å²) in [7, 11) is 0. The molecule has 2 aromatic heterocycles. The zero-order chi connectivity index (χ0) is 10.3. The number of rotatable bonds is 0. The zero-order valence-electron chi connectivity index (χ0n) is 7.64. The second-order valence-corrected chi connectivity index (χ2v) is 4.24. The number of pyridine rings is 1. The fourth-order valence-electron chi connectivity index (χ4n) is 1.09. The number of aryl methyl sites for hydroxylation is 1. The average Bonchev–Trinajstić information content (AvgIpc) is 2.12. The number of nitrogens with one attached hydrogen (secondary N) is 1. The van der Waals surface area contributed by atoms with Crippen molar-refractivity contribution in [2.75, 3.05) is 0 Å². The summed E-state index contributed by atoms with van der Waals surface area (Å²) >= 11 is 14.4. The Labute approximate surface area is 130 Å². The molecule has 15 heavy (non-hydrogen) atoms. The van der Waals surface area contributed by atoms with E-state index in [1.54, 1.807) is 6.92 Å². The van der Waals surface area contributed by atoms with Crippen molar-refractivity contribution < 1.29 is 32.7 Å². The van der Waals surface area contributed by atoms with Gasteiger partial charge in [-0.2, -0.15) is 12.2 Å². The Morgan fingerprint density at radius 1 is 1.47 bits per heavy atom. The maximum absolute atomic E-state index is 5.92. The molecule has 0 amide bonds. The fraction of sp³-hybridized carbons (Fsp3) is 0.125. The second kappa shape index (κ2) is 5.28. The van der Waals surface area contributed by atoms with E-state index in [1.165, 1.54) is 0 Å². The summed E-state index contributed by atoms with van der Waals surface area (Å²) in [6, 6.07) is 0. The average molecular weight is 378 g/mol. The van der Waals surface area contributed by atoms with Gasteiger partial charge in [-0.05, 0) is 17.0 Å². The summed E-state index contributed by atoms with van der Waals surface area (Å²) in [5, 5.41) is 0.363. The van der Waals surface area contributed by atoms with Gasteiger partial charge in [0.2, 0.25) is 0 Å².